The molecule has 0 aliphatic rings. The van der Waals surface area contributed by atoms with Crippen LogP contribution in [0, 0.1) is 0 Å². The van der Waals surface area contributed by atoms with Crippen molar-refractivity contribution in [1.29, 1.82) is 0 Å². The molecule has 0 spiro atoms. The molecule has 0 aromatic heterocycles. The molecule has 1 unspecified atom stereocenters. The van der Waals surface area contributed by atoms with Crippen LogP contribution in [-0.4, -0.2) is 6.54 Å². The highest BCUT2D eigenvalue weighted by Crippen LogP contribution is 2.09. The third kappa shape index (κ3) is 5.23. The van der Waals surface area contributed by atoms with E-state index in [1.165, 1.54) is 16.7 Å². The van der Waals surface area contributed by atoms with Gasteiger partial charge < -0.3 is 4.90 Å². The van der Waals surface area contributed by atoms with Crippen LogP contribution in [0.2, 0.25) is 5.02 Å². The number of rotatable bonds is 7. The monoisotopic (exact) mass is 336 g/mol. The number of nitrogens with one attached hydrogen (secondary N) is 1. The van der Waals surface area contributed by atoms with Crippen molar-refractivity contribution in [3.8, 4) is 0 Å². The minimum Gasteiger partial charge on any atom is -0.327 e. The molecule has 3 aromatic carbocycles. The number of halogens is 1. The summed E-state index contributed by atoms with van der Waals surface area (Å²) in [4.78, 5) is 1.56. The van der Waals surface area contributed by atoms with Gasteiger partial charge in [-0.25, -0.2) is 0 Å². The lowest BCUT2D eigenvalue weighted by Gasteiger charge is -2.20. The topological polar surface area (TPSA) is 4.44 Å². The molecule has 0 heterocycles. The van der Waals surface area contributed by atoms with Crippen LogP contribution in [0.4, 0.5) is 0 Å². The van der Waals surface area contributed by atoms with Crippen molar-refractivity contribution in [3.05, 3.63) is 107 Å². The summed E-state index contributed by atoms with van der Waals surface area (Å²) >= 11 is 6.01. The van der Waals surface area contributed by atoms with Gasteiger partial charge in [-0.05, 0) is 17.7 Å². The van der Waals surface area contributed by atoms with E-state index in [0.717, 1.165) is 31.1 Å². The van der Waals surface area contributed by atoms with E-state index in [4.69, 9.17) is 11.6 Å². The fourth-order valence-electron chi connectivity index (χ4n) is 2.98. The largest absolute Gasteiger partial charge is 0.327 e. The van der Waals surface area contributed by atoms with Crippen molar-refractivity contribution < 1.29 is 4.90 Å². The Labute approximate surface area is 149 Å². The van der Waals surface area contributed by atoms with Crippen LogP contribution in [-0.2, 0) is 19.5 Å². The van der Waals surface area contributed by atoms with Crippen molar-refractivity contribution >= 4 is 11.6 Å². The van der Waals surface area contributed by atoms with Crippen LogP contribution >= 0.6 is 11.6 Å². The molecule has 0 radical (unpaired) electrons. The predicted molar refractivity (Wildman–Crippen MR) is 101 cm³/mol. The van der Waals surface area contributed by atoms with Gasteiger partial charge >= 0.3 is 0 Å². The van der Waals surface area contributed by atoms with E-state index in [2.05, 4.69) is 72.8 Å². The summed E-state index contributed by atoms with van der Waals surface area (Å²) in [6.07, 6.45) is 1.09. The number of quaternary nitrogens is 1. The molecule has 3 aromatic rings. The summed E-state index contributed by atoms with van der Waals surface area (Å²) in [6.45, 7) is 3.16. The fraction of sp³-hybridized carbons (Fsp3) is 0.182. The SMILES string of the molecule is Clc1ccc(C[NH+](CCc2ccccc2)Cc2ccccc2)cc1. The Kier molecular flexibility index (Phi) is 6.06. The summed E-state index contributed by atoms with van der Waals surface area (Å²) in [5.41, 5.74) is 4.12. The van der Waals surface area contributed by atoms with Crippen LogP contribution in [0.5, 0.6) is 0 Å². The Bertz CT molecular complexity index is 723. The fourth-order valence-corrected chi connectivity index (χ4v) is 3.11. The molecular weight excluding hydrogens is 314 g/mol. The Balaban J connectivity index is 1.68. The lowest BCUT2D eigenvalue weighted by Crippen LogP contribution is -3.09. The van der Waals surface area contributed by atoms with Gasteiger partial charge in [-0.1, -0.05) is 84.4 Å². The van der Waals surface area contributed by atoms with E-state index in [1.54, 1.807) is 4.90 Å². The van der Waals surface area contributed by atoms with Gasteiger partial charge in [0.25, 0.3) is 0 Å². The zero-order valence-corrected chi connectivity index (χ0v) is 14.5. The molecule has 0 saturated heterocycles. The van der Waals surface area contributed by atoms with Crippen LogP contribution in [0.25, 0.3) is 0 Å². The van der Waals surface area contributed by atoms with Crippen LogP contribution in [0.3, 0.4) is 0 Å². The maximum absolute atomic E-state index is 6.01. The summed E-state index contributed by atoms with van der Waals surface area (Å²) in [5.74, 6) is 0. The second kappa shape index (κ2) is 8.68. The summed E-state index contributed by atoms with van der Waals surface area (Å²) in [5, 5.41) is 0.799. The smallest absolute Gasteiger partial charge is 0.103 e. The minimum atomic E-state index is 0.799. The van der Waals surface area contributed by atoms with Gasteiger partial charge in [0.2, 0.25) is 0 Å². The molecule has 3 rings (SSSR count). The maximum atomic E-state index is 6.01. The first-order valence-corrected chi connectivity index (χ1v) is 8.83. The van der Waals surface area contributed by atoms with Gasteiger partial charge in [0.05, 0.1) is 6.54 Å². The third-order valence-corrected chi connectivity index (χ3v) is 4.53. The summed E-state index contributed by atoms with van der Waals surface area (Å²) < 4.78 is 0. The standard InChI is InChI=1S/C22H22ClN/c23-22-13-11-21(12-14-22)18-24(17-20-9-5-2-6-10-20)16-15-19-7-3-1-4-8-19/h1-14H,15-18H2/p+1. The van der Waals surface area contributed by atoms with E-state index in [1.807, 2.05) is 12.1 Å². The maximum Gasteiger partial charge on any atom is 0.103 e. The van der Waals surface area contributed by atoms with Crippen molar-refractivity contribution in [2.24, 2.45) is 0 Å². The molecule has 0 aliphatic heterocycles. The molecule has 24 heavy (non-hydrogen) atoms. The van der Waals surface area contributed by atoms with Crippen LogP contribution < -0.4 is 4.90 Å². The predicted octanol–water partition coefficient (Wildman–Crippen LogP) is 4.17. The molecule has 1 N–H and O–H groups in total. The minimum absolute atomic E-state index is 0.799. The number of benzene rings is 3. The first-order chi connectivity index (χ1) is 11.8. The molecular formula is C22H23ClN+. The van der Waals surface area contributed by atoms with E-state index in [-0.39, 0.29) is 0 Å². The van der Waals surface area contributed by atoms with Gasteiger partial charge in [-0.3, -0.25) is 0 Å². The van der Waals surface area contributed by atoms with Gasteiger partial charge in [-0.15, -0.1) is 0 Å². The Morgan fingerprint density at radius 1 is 0.583 bits per heavy atom. The first-order valence-electron chi connectivity index (χ1n) is 8.45. The molecule has 2 heteroatoms. The molecule has 122 valence electrons. The lowest BCUT2D eigenvalue weighted by atomic mass is 10.1. The molecule has 1 nitrogen and oxygen atoms in total. The molecule has 1 atom stereocenters. The van der Waals surface area contributed by atoms with Gasteiger partial charge in [0.1, 0.15) is 13.1 Å². The molecule has 0 amide bonds. The Morgan fingerprint density at radius 3 is 1.67 bits per heavy atom. The zero-order valence-electron chi connectivity index (χ0n) is 13.8. The van der Waals surface area contributed by atoms with E-state index in [0.29, 0.717) is 0 Å². The molecule has 0 bridgehead atoms. The van der Waals surface area contributed by atoms with E-state index < -0.39 is 0 Å². The normalized spacial score (nSPS) is 12.0. The van der Waals surface area contributed by atoms with Gasteiger partial charge in [0.15, 0.2) is 0 Å². The van der Waals surface area contributed by atoms with Crippen molar-refractivity contribution in [2.45, 2.75) is 19.5 Å². The van der Waals surface area contributed by atoms with Crippen molar-refractivity contribution in [2.75, 3.05) is 6.54 Å². The summed E-state index contributed by atoms with van der Waals surface area (Å²) in [6, 6.07) is 29.7. The van der Waals surface area contributed by atoms with Crippen molar-refractivity contribution in [1.82, 2.24) is 0 Å². The molecule has 0 aliphatic carbocycles. The highest BCUT2D eigenvalue weighted by atomic mass is 35.5. The Morgan fingerprint density at radius 2 is 1.08 bits per heavy atom. The highest BCUT2D eigenvalue weighted by Gasteiger charge is 2.11. The zero-order chi connectivity index (χ0) is 16.6. The second-order valence-electron chi connectivity index (χ2n) is 6.20. The number of hydrogen-bond donors (Lipinski definition) is 1. The third-order valence-electron chi connectivity index (χ3n) is 4.27. The number of hydrogen-bond acceptors (Lipinski definition) is 0. The summed E-state index contributed by atoms with van der Waals surface area (Å²) in [7, 11) is 0. The second-order valence-corrected chi connectivity index (χ2v) is 6.64. The first kappa shape index (κ1) is 16.8. The van der Waals surface area contributed by atoms with Crippen LogP contribution in [0.1, 0.15) is 16.7 Å². The molecule has 0 saturated carbocycles. The Hall–Kier alpha value is -2.09. The van der Waals surface area contributed by atoms with Crippen molar-refractivity contribution in [3.63, 3.8) is 0 Å². The van der Waals surface area contributed by atoms with Gasteiger partial charge in [-0.2, -0.15) is 0 Å². The van der Waals surface area contributed by atoms with E-state index in [9.17, 15) is 0 Å². The average Bonchev–Trinajstić information content (AvgIpc) is 2.63. The van der Waals surface area contributed by atoms with Gasteiger partial charge in [0, 0.05) is 22.6 Å². The van der Waals surface area contributed by atoms with Crippen LogP contribution in [0.15, 0.2) is 84.9 Å². The average molecular weight is 337 g/mol. The van der Waals surface area contributed by atoms with E-state index >= 15 is 0 Å². The highest BCUT2D eigenvalue weighted by molar-refractivity contribution is 6.30. The molecule has 0 fully saturated rings. The quantitative estimate of drug-likeness (QED) is 0.660. The lowest BCUT2D eigenvalue weighted by molar-refractivity contribution is -0.927.